The Bertz CT molecular complexity index is 1610. The molecule has 0 radical (unpaired) electrons. The van der Waals surface area contributed by atoms with Crippen molar-refractivity contribution in [3.05, 3.63) is 97.2 Å². The number of carbonyl (C=O) groups is 3. The quantitative estimate of drug-likeness (QED) is 0.0261. The minimum absolute atomic E-state index is 0.0848. The van der Waals surface area contributed by atoms with Gasteiger partial charge in [-0.05, 0) is 122 Å². The van der Waals surface area contributed by atoms with E-state index in [-0.39, 0.29) is 31.1 Å². The number of esters is 3. The Morgan fingerprint density at radius 2 is 0.470 bits per heavy atom. The van der Waals surface area contributed by atoms with Crippen LogP contribution in [0.5, 0.6) is 0 Å². The fraction of sp³-hybridized carbons (Fsp3) is 0.753. The molecule has 6 heteroatoms. The number of ether oxygens (including phenoxy) is 3. The van der Waals surface area contributed by atoms with E-state index in [0.717, 1.165) is 116 Å². The van der Waals surface area contributed by atoms with E-state index in [1.807, 2.05) is 0 Å². The van der Waals surface area contributed by atoms with Crippen LogP contribution in [0.15, 0.2) is 97.2 Å². The zero-order valence-corrected chi connectivity index (χ0v) is 54.9. The second-order valence-corrected chi connectivity index (χ2v) is 23.8. The van der Waals surface area contributed by atoms with Crippen molar-refractivity contribution in [1.82, 2.24) is 0 Å². The van der Waals surface area contributed by atoms with Gasteiger partial charge >= 0.3 is 17.9 Å². The van der Waals surface area contributed by atoms with E-state index in [0.29, 0.717) is 19.3 Å². The van der Waals surface area contributed by atoms with Gasteiger partial charge in [0.05, 0.1) is 0 Å². The molecule has 0 fully saturated rings. The number of hydrogen-bond donors (Lipinski definition) is 0. The number of hydrogen-bond acceptors (Lipinski definition) is 6. The Hall–Kier alpha value is -3.67. The third-order valence-electron chi connectivity index (χ3n) is 15.5. The number of allylic oxidation sites excluding steroid dienone is 16. The maximum absolute atomic E-state index is 13.0. The standard InChI is InChI=1S/C77H134O6/c1-4-7-10-13-16-19-22-25-28-30-32-34-36-37-38-39-41-42-44-46-49-52-55-58-61-64-67-70-76(79)82-73-74(72-81-75(78)69-66-63-60-57-54-51-48-27-24-21-18-15-12-9-6-3)83-77(80)71-68-65-62-59-56-53-50-47-45-43-40-35-33-31-29-26-23-20-17-14-11-8-5-2/h8,11,17-18,20-21,26-27,29-30,32-33,35,43,45,48,74H,4-7,9-10,12-16,19,22-25,28,31,34,36-42,44,46-47,49-73H2,1-3H3/b11-8-,20-17-,21-18-,29-26-,32-30-,35-33-,45-43-,48-27-. The van der Waals surface area contributed by atoms with Crippen LogP contribution < -0.4 is 0 Å². The topological polar surface area (TPSA) is 78.9 Å². The van der Waals surface area contributed by atoms with Gasteiger partial charge in [0.2, 0.25) is 0 Å². The van der Waals surface area contributed by atoms with Crippen LogP contribution >= 0.6 is 0 Å². The lowest BCUT2D eigenvalue weighted by Crippen LogP contribution is -2.30. The lowest BCUT2D eigenvalue weighted by molar-refractivity contribution is -0.167. The van der Waals surface area contributed by atoms with Gasteiger partial charge in [0.25, 0.3) is 0 Å². The van der Waals surface area contributed by atoms with E-state index < -0.39 is 6.10 Å². The van der Waals surface area contributed by atoms with E-state index in [9.17, 15) is 14.4 Å². The lowest BCUT2D eigenvalue weighted by Gasteiger charge is -2.18. The molecule has 0 rings (SSSR count). The van der Waals surface area contributed by atoms with Gasteiger partial charge in [0.1, 0.15) is 13.2 Å². The summed E-state index contributed by atoms with van der Waals surface area (Å²) in [6.45, 7) is 6.52. The third-order valence-corrected chi connectivity index (χ3v) is 15.5. The summed E-state index contributed by atoms with van der Waals surface area (Å²) < 4.78 is 17.0. The largest absolute Gasteiger partial charge is 0.462 e. The molecule has 1 atom stereocenters. The molecule has 0 spiro atoms. The fourth-order valence-electron chi connectivity index (χ4n) is 10.2. The predicted octanol–water partition coefficient (Wildman–Crippen LogP) is 24.8. The molecule has 0 heterocycles. The summed E-state index contributed by atoms with van der Waals surface area (Å²) in [5, 5.41) is 0. The average molecular weight is 1160 g/mol. The van der Waals surface area contributed by atoms with Gasteiger partial charge < -0.3 is 14.2 Å². The molecule has 0 saturated heterocycles. The minimum atomic E-state index is -0.792. The molecule has 0 N–H and O–H groups in total. The predicted molar refractivity (Wildman–Crippen MR) is 362 cm³/mol. The van der Waals surface area contributed by atoms with Crippen LogP contribution in [0, 0.1) is 0 Å². The van der Waals surface area contributed by atoms with E-state index in [2.05, 4.69) is 118 Å². The van der Waals surface area contributed by atoms with Crippen LogP contribution in [0.25, 0.3) is 0 Å². The second-order valence-electron chi connectivity index (χ2n) is 23.8. The van der Waals surface area contributed by atoms with Crippen molar-refractivity contribution in [2.24, 2.45) is 0 Å². The Balaban J connectivity index is 4.33. The Morgan fingerprint density at radius 1 is 0.253 bits per heavy atom. The zero-order valence-electron chi connectivity index (χ0n) is 54.9. The van der Waals surface area contributed by atoms with Gasteiger partial charge in [0.15, 0.2) is 6.10 Å². The molecule has 478 valence electrons. The molecule has 0 aliphatic carbocycles. The number of carbonyl (C=O) groups excluding carboxylic acids is 3. The minimum Gasteiger partial charge on any atom is -0.462 e. The normalized spacial score (nSPS) is 12.7. The Kier molecular flexibility index (Phi) is 67.7. The average Bonchev–Trinajstić information content (AvgIpc) is 3.49. The maximum atomic E-state index is 13.0. The molecule has 6 nitrogen and oxygen atoms in total. The van der Waals surface area contributed by atoms with E-state index in [1.165, 1.54) is 199 Å². The molecule has 0 aromatic rings. The highest BCUT2D eigenvalue weighted by molar-refractivity contribution is 5.71. The van der Waals surface area contributed by atoms with Gasteiger partial charge in [-0.3, -0.25) is 14.4 Å². The first kappa shape index (κ1) is 79.3. The van der Waals surface area contributed by atoms with Crippen LogP contribution in [-0.4, -0.2) is 37.2 Å². The summed E-state index contributed by atoms with van der Waals surface area (Å²) in [6.07, 6.45) is 95.8. The summed E-state index contributed by atoms with van der Waals surface area (Å²) in [5.74, 6) is -0.895. The monoisotopic (exact) mass is 1160 g/mol. The van der Waals surface area contributed by atoms with Crippen molar-refractivity contribution in [1.29, 1.82) is 0 Å². The van der Waals surface area contributed by atoms with E-state index in [4.69, 9.17) is 14.2 Å². The maximum Gasteiger partial charge on any atom is 0.306 e. The van der Waals surface area contributed by atoms with Crippen LogP contribution in [0.2, 0.25) is 0 Å². The summed E-state index contributed by atoms with van der Waals surface area (Å²) in [4.78, 5) is 38.5. The molecule has 1 unspecified atom stereocenters. The second kappa shape index (κ2) is 70.8. The zero-order chi connectivity index (χ0) is 59.9. The van der Waals surface area contributed by atoms with Crippen molar-refractivity contribution in [2.75, 3.05) is 13.2 Å². The first-order valence-corrected chi connectivity index (χ1v) is 35.7. The highest BCUT2D eigenvalue weighted by atomic mass is 16.6. The molecular formula is C77H134O6. The van der Waals surface area contributed by atoms with Crippen LogP contribution in [0.4, 0.5) is 0 Å². The lowest BCUT2D eigenvalue weighted by atomic mass is 10.0. The summed E-state index contributed by atoms with van der Waals surface area (Å²) in [7, 11) is 0. The van der Waals surface area contributed by atoms with E-state index in [1.54, 1.807) is 0 Å². The first-order chi connectivity index (χ1) is 41.0. The van der Waals surface area contributed by atoms with Gasteiger partial charge in [-0.15, -0.1) is 0 Å². The van der Waals surface area contributed by atoms with Crippen molar-refractivity contribution in [3.63, 3.8) is 0 Å². The van der Waals surface area contributed by atoms with Crippen molar-refractivity contribution in [3.8, 4) is 0 Å². The molecule has 0 saturated carbocycles. The molecule has 0 amide bonds. The van der Waals surface area contributed by atoms with Crippen LogP contribution in [-0.2, 0) is 28.6 Å². The number of rotatable bonds is 65. The van der Waals surface area contributed by atoms with Gasteiger partial charge in [0, 0.05) is 19.3 Å². The molecule has 0 bridgehead atoms. The molecular weight excluding hydrogens is 1020 g/mol. The SMILES string of the molecule is CC/C=C\C/C=C\C/C=C\C/C=C\C/C=C\CCCCCCCCCC(=O)OC(COC(=O)CCCCCCC/C=C\C/C=C\CCCCC)COC(=O)CCCCCCCCCCCCCCCCC/C=C\CCCCCCCCCC. The molecule has 0 aromatic heterocycles. The molecule has 0 aromatic carbocycles. The van der Waals surface area contributed by atoms with Crippen molar-refractivity contribution in [2.45, 2.75) is 361 Å². The summed E-state index contributed by atoms with van der Waals surface area (Å²) in [6, 6.07) is 0. The molecule has 0 aliphatic rings. The number of unbranched alkanes of at least 4 members (excludes halogenated alkanes) is 38. The van der Waals surface area contributed by atoms with Crippen molar-refractivity contribution >= 4 is 17.9 Å². The highest BCUT2D eigenvalue weighted by Crippen LogP contribution is 2.17. The highest BCUT2D eigenvalue weighted by Gasteiger charge is 2.19. The van der Waals surface area contributed by atoms with Crippen LogP contribution in [0.3, 0.4) is 0 Å². The molecule has 83 heavy (non-hydrogen) atoms. The first-order valence-electron chi connectivity index (χ1n) is 35.7. The van der Waals surface area contributed by atoms with Gasteiger partial charge in [-0.25, -0.2) is 0 Å². The summed E-state index contributed by atoms with van der Waals surface area (Å²) >= 11 is 0. The third kappa shape index (κ3) is 69.0. The Morgan fingerprint density at radius 3 is 0.771 bits per heavy atom. The van der Waals surface area contributed by atoms with E-state index >= 15 is 0 Å². The van der Waals surface area contributed by atoms with Gasteiger partial charge in [-0.1, -0.05) is 311 Å². The Labute approximate surface area is 515 Å². The van der Waals surface area contributed by atoms with Crippen molar-refractivity contribution < 1.29 is 28.6 Å². The smallest absolute Gasteiger partial charge is 0.306 e. The molecule has 0 aliphatic heterocycles. The van der Waals surface area contributed by atoms with Crippen LogP contribution in [0.1, 0.15) is 355 Å². The van der Waals surface area contributed by atoms with Gasteiger partial charge in [-0.2, -0.15) is 0 Å². The fourth-order valence-corrected chi connectivity index (χ4v) is 10.2. The summed E-state index contributed by atoms with van der Waals surface area (Å²) in [5.41, 5.74) is 0.